The molecule has 2 amide bonds. The van der Waals surface area contributed by atoms with Gasteiger partial charge in [-0.2, -0.15) is 13.2 Å². The average molecular weight is 571 g/mol. The van der Waals surface area contributed by atoms with E-state index in [1.165, 1.54) is 6.07 Å². The first-order valence-electron chi connectivity index (χ1n) is 11.9. The van der Waals surface area contributed by atoms with E-state index >= 15 is 0 Å². The van der Waals surface area contributed by atoms with Gasteiger partial charge in [0.1, 0.15) is 28.9 Å². The molecule has 1 aliphatic rings. The van der Waals surface area contributed by atoms with E-state index in [1.54, 1.807) is 13.8 Å². The summed E-state index contributed by atoms with van der Waals surface area (Å²) in [5.41, 5.74) is -4.26. The molecular weight excluding hydrogens is 548 g/mol. The Morgan fingerprint density at radius 1 is 1.12 bits per heavy atom. The lowest BCUT2D eigenvalue weighted by atomic mass is 10.1. The molecule has 40 heavy (non-hydrogen) atoms. The van der Waals surface area contributed by atoms with E-state index in [-0.39, 0.29) is 30.6 Å². The van der Waals surface area contributed by atoms with Crippen molar-refractivity contribution in [3.05, 3.63) is 63.7 Å². The minimum absolute atomic E-state index is 0.0203. The molecule has 214 valence electrons. The van der Waals surface area contributed by atoms with E-state index in [1.807, 2.05) is 5.32 Å². The maximum atomic E-state index is 14.8. The number of carboxylic acid groups (broad SMARTS) is 1. The molecule has 0 bridgehead atoms. The van der Waals surface area contributed by atoms with Crippen LogP contribution in [0.2, 0.25) is 0 Å². The van der Waals surface area contributed by atoms with Gasteiger partial charge in [0.15, 0.2) is 17.3 Å². The van der Waals surface area contributed by atoms with Crippen LogP contribution >= 0.6 is 0 Å². The zero-order valence-corrected chi connectivity index (χ0v) is 21.0. The van der Waals surface area contributed by atoms with Crippen molar-refractivity contribution in [2.45, 2.75) is 44.4 Å². The van der Waals surface area contributed by atoms with E-state index in [2.05, 4.69) is 15.6 Å². The topological polar surface area (TPSA) is 125 Å². The number of amides is 2. The summed E-state index contributed by atoms with van der Waals surface area (Å²) in [6.45, 7) is 3.08. The van der Waals surface area contributed by atoms with Crippen LogP contribution in [0.15, 0.2) is 35.3 Å². The Balaban J connectivity index is 1.84. The predicted molar refractivity (Wildman–Crippen MR) is 131 cm³/mol. The lowest BCUT2D eigenvalue weighted by Gasteiger charge is -2.25. The highest BCUT2D eigenvalue weighted by atomic mass is 19.4. The number of anilines is 1. The molecule has 15 heteroatoms. The Kier molecular flexibility index (Phi) is 7.43. The minimum atomic E-state index is -4.80. The Hall–Kier alpha value is -4.30. The summed E-state index contributed by atoms with van der Waals surface area (Å²) < 4.78 is 84.5. The molecule has 1 saturated carbocycles. The third-order valence-electron chi connectivity index (χ3n) is 6.21. The number of benzene rings is 1. The number of halogens is 6. The van der Waals surface area contributed by atoms with Gasteiger partial charge < -0.3 is 21.1 Å². The van der Waals surface area contributed by atoms with Crippen molar-refractivity contribution in [3.63, 3.8) is 0 Å². The van der Waals surface area contributed by atoms with Gasteiger partial charge in [-0.05, 0) is 44.7 Å². The van der Waals surface area contributed by atoms with Gasteiger partial charge in [-0.15, -0.1) is 0 Å². The number of carbonyl (C=O) groups excluding carboxylic acids is 1. The summed E-state index contributed by atoms with van der Waals surface area (Å²) in [6.07, 6.45) is -5.01. The highest BCUT2D eigenvalue weighted by Gasteiger charge is 2.50. The van der Waals surface area contributed by atoms with Gasteiger partial charge >= 0.3 is 12.3 Å². The van der Waals surface area contributed by atoms with Crippen LogP contribution in [0.4, 0.5) is 37.0 Å². The van der Waals surface area contributed by atoms with Gasteiger partial charge in [-0.25, -0.2) is 22.9 Å². The Morgan fingerprint density at radius 3 is 2.30 bits per heavy atom. The van der Waals surface area contributed by atoms with Gasteiger partial charge in [-0.3, -0.25) is 14.2 Å². The minimum Gasteiger partial charge on any atom is -0.465 e. The Morgan fingerprint density at radius 2 is 1.75 bits per heavy atom. The van der Waals surface area contributed by atoms with Gasteiger partial charge in [0, 0.05) is 24.9 Å². The van der Waals surface area contributed by atoms with Gasteiger partial charge in [0.2, 0.25) is 5.43 Å². The molecule has 3 aromatic rings. The summed E-state index contributed by atoms with van der Waals surface area (Å²) in [5.74, 6) is -6.40. The molecule has 0 spiro atoms. The number of nitrogens with one attached hydrogen (secondary N) is 3. The van der Waals surface area contributed by atoms with Crippen LogP contribution < -0.4 is 21.4 Å². The summed E-state index contributed by atoms with van der Waals surface area (Å²) in [7, 11) is 0. The summed E-state index contributed by atoms with van der Waals surface area (Å²) >= 11 is 0. The number of hydrogen-bond donors (Lipinski definition) is 4. The average Bonchev–Trinajstić information content (AvgIpc) is 3.65. The molecule has 1 atom stereocenters. The SMILES string of the molecule is CC(C)(CNc1ccc2c(=O)c(C(=O)NC(C3CC3)C(F)(F)F)cn(-c3c(F)cc(F)cc3F)c2n1)NC(=O)O. The molecular formula is C25H23F6N5O4. The maximum absolute atomic E-state index is 14.8. The van der Waals surface area contributed by atoms with Gasteiger partial charge in [-0.1, -0.05) is 0 Å². The van der Waals surface area contributed by atoms with Crippen molar-refractivity contribution in [1.82, 2.24) is 20.2 Å². The Bertz CT molecular complexity index is 1530. The smallest absolute Gasteiger partial charge is 0.408 e. The molecule has 2 heterocycles. The van der Waals surface area contributed by atoms with Crippen LogP contribution in [-0.4, -0.2) is 51.0 Å². The van der Waals surface area contributed by atoms with Crippen molar-refractivity contribution >= 4 is 28.9 Å². The van der Waals surface area contributed by atoms with Crippen LogP contribution in [0.1, 0.15) is 37.0 Å². The lowest BCUT2D eigenvalue weighted by Crippen LogP contribution is -2.48. The van der Waals surface area contributed by atoms with E-state index in [0.717, 1.165) is 6.07 Å². The van der Waals surface area contributed by atoms with Crippen molar-refractivity contribution in [3.8, 4) is 5.69 Å². The van der Waals surface area contributed by atoms with Crippen LogP contribution in [0.3, 0.4) is 0 Å². The number of fused-ring (bicyclic) bond motifs is 1. The molecule has 9 nitrogen and oxygen atoms in total. The first kappa shape index (κ1) is 28.7. The fourth-order valence-corrected chi connectivity index (χ4v) is 4.16. The largest absolute Gasteiger partial charge is 0.465 e. The van der Waals surface area contributed by atoms with Crippen molar-refractivity contribution < 1.29 is 41.0 Å². The molecule has 0 aliphatic heterocycles. The molecule has 2 aromatic heterocycles. The third kappa shape index (κ3) is 6.13. The van der Waals surface area contributed by atoms with Crippen LogP contribution in [-0.2, 0) is 0 Å². The summed E-state index contributed by atoms with van der Waals surface area (Å²) in [5, 5.41) is 15.5. The first-order valence-corrected chi connectivity index (χ1v) is 11.9. The fraction of sp³-hybridized carbons (Fsp3) is 0.360. The summed E-state index contributed by atoms with van der Waals surface area (Å²) in [6, 6.07) is 0.857. The number of alkyl halides is 3. The van der Waals surface area contributed by atoms with E-state index in [4.69, 9.17) is 5.11 Å². The molecule has 0 saturated heterocycles. The second kappa shape index (κ2) is 10.4. The van der Waals surface area contributed by atoms with Crippen LogP contribution in [0, 0.1) is 23.4 Å². The Labute approximate surface area is 222 Å². The number of hydrogen-bond acceptors (Lipinski definition) is 5. The third-order valence-corrected chi connectivity index (χ3v) is 6.21. The number of pyridine rings is 2. The molecule has 4 rings (SSSR count). The highest BCUT2D eigenvalue weighted by Crippen LogP contribution is 2.40. The number of aromatic nitrogens is 2. The van der Waals surface area contributed by atoms with Crippen molar-refractivity contribution in [1.29, 1.82) is 0 Å². The molecule has 1 aliphatic carbocycles. The zero-order valence-electron chi connectivity index (χ0n) is 21.0. The maximum Gasteiger partial charge on any atom is 0.408 e. The molecule has 1 aromatic carbocycles. The number of nitrogens with zero attached hydrogens (tertiary/aromatic N) is 2. The van der Waals surface area contributed by atoms with E-state index in [0.29, 0.717) is 22.9 Å². The normalized spacial score (nSPS) is 14.6. The number of rotatable bonds is 8. The number of carbonyl (C=O) groups is 2. The van der Waals surface area contributed by atoms with Crippen molar-refractivity contribution in [2.24, 2.45) is 5.92 Å². The zero-order chi connectivity index (χ0) is 29.6. The van der Waals surface area contributed by atoms with Crippen LogP contribution in [0.25, 0.3) is 16.7 Å². The molecule has 0 radical (unpaired) electrons. The second-order valence-electron chi connectivity index (χ2n) is 10.0. The van der Waals surface area contributed by atoms with Crippen molar-refractivity contribution in [2.75, 3.05) is 11.9 Å². The van der Waals surface area contributed by atoms with Gasteiger partial charge in [0.25, 0.3) is 5.91 Å². The molecule has 1 unspecified atom stereocenters. The van der Waals surface area contributed by atoms with E-state index < -0.39 is 75.5 Å². The lowest BCUT2D eigenvalue weighted by molar-refractivity contribution is -0.158. The first-order chi connectivity index (χ1) is 18.6. The highest BCUT2D eigenvalue weighted by molar-refractivity contribution is 5.97. The molecule has 1 fully saturated rings. The van der Waals surface area contributed by atoms with Crippen LogP contribution in [0.5, 0.6) is 0 Å². The standard InChI is InChI=1S/C25H23F6N5O4/c1-24(2,35-23(39)40)10-32-17-6-5-13-19(37)14(22(38)34-20(11-3-4-11)25(29,30)31)9-36(21(13)33-17)18-15(27)7-12(26)8-16(18)28/h5-9,11,20,35H,3-4,10H2,1-2H3,(H,32,33)(H,34,38)(H,39,40). The van der Waals surface area contributed by atoms with Gasteiger partial charge in [0.05, 0.1) is 10.9 Å². The second-order valence-corrected chi connectivity index (χ2v) is 10.0. The summed E-state index contributed by atoms with van der Waals surface area (Å²) in [4.78, 5) is 41.3. The molecule has 4 N–H and O–H groups in total. The van der Waals surface area contributed by atoms with E-state index in [9.17, 15) is 40.7 Å². The predicted octanol–water partition coefficient (Wildman–Crippen LogP) is 4.33. The quantitative estimate of drug-likeness (QED) is 0.299. The monoisotopic (exact) mass is 571 g/mol. The fourth-order valence-electron chi connectivity index (χ4n) is 4.16.